The van der Waals surface area contributed by atoms with Crippen LogP contribution in [0.5, 0.6) is 11.8 Å². The largest absolute Gasteiger partial charge is 0.480 e. The first-order chi connectivity index (χ1) is 18.7. The van der Waals surface area contributed by atoms with Crippen molar-refractivity contribution in [1.29, 1.82) is 0 Å². The van der Waals surface area contributed by atoms with E-state index in [1.165, 1.54) is 11.0 Å². The Kier molecular flexibility index (Phi) is 7.19. The number of anilines is 1. The van der Waals surface area contributed by atoms with Gasteiger partial charge >= 0.3 is 6.18 Å². The highest BCUT2D eigenvalue weighted by Crippen LogP contribution is 2.44. The van der Waals surface area contributed by atoms with Crippen LogP contribution in [0.15, 0.2) is 47.2 Å². The quantitative estimate of drug-likeness (QED) is 0.466. The van der Waals surface area contributed by atoms with Gasteiger partial charge in [-0.1, -0.05) is 0 Å². The van der Waals surface area contributed by atoms with Gasteiger partial charge in [0.05, 0.1) is 36.4 Å². The standard InChI is InChI=1S/C27H30F3N7O2/c1-4-39-22-13-21(27(28,29)30)35-37(22)18-9-7-17(8-10-18)36-12-11-20(32-2)19(14-36)24(31)23-25(16-5-6-16)33-15-34-26(23)38-3/h7-10,13,15-16H,4-6,11-12,14,31H2,1-3H3/b24-19-,32-20?. The highest BCUT2D eigenvalue weighted by molar-refractivity contribution is 6.08. The van der Waals surface area contributed by atoms with Crippen molar-refractivity contribution in [3.63, 3.8) is 0 Å². The Morgan fingerprint density at radius 1 is 1.15 bits per heavy atom. The van der Waals surface area contributed by atoms with Crippen LogP contribution in [0.25, 0.3) is 11.4 Å². The Morgan fingerprint density at radius 2 is 1.87 bits per heavy atom. The lowest BCUT2D eigenvalue weighted by Crippen LogP contribution is -2.37. The molecule has 9 nitrogen and oxygen atoms in total. The summed E-state index contributed by atoms with van der Waals surface area (Å²) in [7, 11) is 3.32. The van der Waals surface area contributed by atoms with Gasteiger partial charge in [0.25, 0.3) is 0 Å². The summed E-state index contributed by atoms with van der Waals surface area (Å²) < 4.78 is 51.9. The lowest BCUT2D eigenvalue weighted by Gasteiger charge is -2.33. The van der Waals surface area contributed by atoms with Crippen molar-refractivity contribution in [3.05, 3.63) is 59.2 Å². The summed E-state index contributed by atoms with van der Waals surface area (Å²) in [4.78, 5) is 15.5. The number of nitrogens with zero attached hydrogens (tertiary/aromatic N) is 6. The SMILES string of the molecule is CCOc1cc(C(F)(F)F)nn1-c1ccc(N2CCC(=NC)/C(=C(\N)c3c(OC)ncnc3C3CC3)C2)cc1. The second-order valence-electron chi connectivity index (χ2n) is 9.38. The van der Waals surface area contributed by atoms with Gasteiger partial charge in [-0.2, -0.15) is 18.3 Å². The zero-order chi connectivity index (χ0) is 27.7. The smallest absolute Gasteiger partial charge is 0.435 e. The molecule has 0 spiro atoms. The van der Waals surface area contributed by atoms with Gasteiger partial charge in [0, 0.05) is 55.5 Å². The number of benzene rings is 1. The number of methoxy groups -OCH3 is 1. The summed E-state index contributed by atoms with van der Waals surface area (Å²) in [5.41, 5.74) is 11.1. The third kappa shape index (κ3) is 5.27. The van der Waals surface area contributed by atoms with Crippen molar-refractivity contribution in [3.8, 4) is 17.4 Å². The molecule has 2 aromatic heterocycles. The third-order valence-corrected chi connectivity index (χ3v) is 6.90. The minimum atomic E-state index is -4.57. The average Bonchev–Trinajstić information content (AvgIpc) is 3.70. The number of aliphatic imine (C=N–C) groups is 1. The first kappa shape index (κ1) is 26.5. The van der Waals surface area contributed by atoms with E-state index < -0.39 is 11.9 Å². The molecule has 206 valence electrons. The maximum Gasteiger partial charge on any atom is 0.435 e. The predicted molar refractivity (Wildman–Crippen MR) is 142 cm³/mol. The van der Waals surface area contributed by atoms with Crippen LogP contribution in [-0.2, 0) is 6.18 Å². The lowest BCUT2D eigenvalue weighted by atomic mass is 9.95. The second kappa shape index (κ2) is 10.6. The minimum absolute atomic E-state index is 0.0304. The normalized spacial score (nSPS) is 18.4. The van der Waals surface area contributed by atoms with Gasteiger partial charge in [0.1, 0.15) is 6.33 Å². The molecule has 1 saturated heterocycles. The van der Waals surface area contributed by atoms with E-state index in [9.17, 15) is 13.2 Å². The maximum atomic E-state index is 13.3. The summed E-state index contributed by atoms with van der Waals surface area (Å²) in [6.45, 7) is 3.11. The molecule has 5 rings (SSSR count). The van der Waals surface area contributed by atoms with E-state index in [0.29, 0.717) is 42.7 Å². The Morgan fingerprint density at radius 3 is 2.49 bits per heavy atom. The van der Waals surface area contributed by atoms with Gasteiger partial charge < -0.3 is 20.1 Å². The fourth-order valence-corrected chi connectivity index (χ4v) is 4.81. The molecule has 1 aromatic carbocycles. The minimum Gasteiger partial charge on any atom is -0.480 e. The van der Waals surface area contributed by atoms with Crippen LogP contribution in [0, 0.1) is 0 Å². The number of hydrogen-bond donors (Lipinski definition) is 1. The van der Waals surface area contributed by atoms with Crippen molar-refractivity contribution in [2.75, 3.05) is 38.8 Å². The van der Waals surface area contributed by atoms with Gasteiger partial charge in [-0.3, -0.25) is 4.99 Å². The van der Waals surface area contributed by atoms with E-state index in [0.717, 1.165) is 47.1 Å². The number of alkyl halides is 3. The third-order valence-electron chi connectivity index (χ3n) is 6.90. The molecule has 0 unspecified atom stereocenters. The van der Waals surface area contributed by atoms with Gasteiger partial charge in [0.15, 0.2) is 5.69 Å². The van der Waals surface area contributed by atoms with Crippen molar-refractivity contribution in [1.82, 2.24) is 19.7 Å². The number of ether oxygens (including phenoxy) is 2. The van der Waals surface area contributed by atoms with Gasteiger partial charge in [0.2, 0.25) is 11.8 Å². The van der Waals surface area contributed by atoms with Crippen LogP contribution in [-0.4, -0.2) is 59.3 Å². The zero-order valence-electron chi connectivity index (χ0n) is 22.0. The number of piperidine rings is 1. The molecule has 1 aliphatic heterocycles. The number of hydrogen-bond acceptors (Lipinski definition) is 8. The number of nitrogens with two attached hydrogens (primary N) is 1. The summed E-state index contributed by atoms with van der Waals surface area (Å²) in [5.74, 6) is 0.811. The molecule has 0 atom stereocenters. The zero-order valence-corrected chi connectivity index (χ0v) is 22.0. The van der Waals surface area contributed by atoms with Crippen molar-refractivity contribution in [2.45, 2.75) is 38.3 Å². The summed E-state index contributed by atoms with van der Waals surface area (Å²) in [5, 5.41) is 3.74. The van der Waals surface area contributed by atoms with E-state index in [4.69, 9.17) is 15.2 Å². The van der Waals surface area contributed by atoms with E-state index in [2.05, 4.69) is 25.0 Å². The molecule has 0 amide bonds. The molecule has 2 aliphatic rings. The monoisotopic (exact) mass is 541 g/mol. The van der Waals surface area contributed by atoms with E-state index in [-0.39, 0.29) is 12.5 Å². The van der Waals surface area contributed by atoms with Gasteiger partial charge in [-0.25, -0.2) is 14.6 Å². The first-order valence-electron chi connectivity index (χ1n) is 12.7. The van der Waals surface area contributed by atoms with Crippen LogP contribution >= 0.6 is 0 Å². The molecule has 12 heteroatoms. The summed E-state index contributed by atoms with van der Waals surface area (Å²) >= 11 is 0. The summed E-state index contributed by atoms with van der Waals surface area (Å²) in [6, 6.07) is 8.05. The van der Waals surface area contributed by atoms with E-state index >= 15 is 0 Å². The van der Waals surface area contributed by atoms with Crippen molar-refractivity contribution >= 4 is 17.1 Å². The summed E-state index contributed by atoms with van der Waals surface area (Å²) in [6.07, 6.45) is -0.293. The van der Waals surface area contributed by atoms with Crippen molar-refractivity contribution in [2.24, 2.45) is 10.7 Å². The predicted octanol–water partition coefficient (Wildman–Crippen LogP) is 4.62. The highest BCUT2D eigenvalue weighted by Gasteiger charge is 2.36. The molecule has 1 saturated carbocycles. The second-order valence-corrected chi connectivity index (χ2v) is 9.38. The van der Waals surface area contributed by atoms with Gasteiger partial charge in [-0.05, 0) is 44.0 Å². The number of aromatic nitrogens is 4. The van der Waals surface area contributed by atoms with Crippen LogP contribution < -0.4 is 20.1 Å². The first-order valence-corrected chi connectivity index (χ1v) is 12.7. The molecule has 2 fully saturated rings. The molecule has 1 aliphatic carbocycles. The Hall–Kier alpha value is -4.09. The molecule has 0 radical (unpaired) electrons. The highest BCUT2D eigenvalue weighted by atomic mass is 19.4. The molecule has 39 heavy (non-hydrogen) atoms. The average molecular weight is 542 g/mol. The Balaban J connectivity index is 1.47. The molecule has 3 heterocycles. The maximum absolute atomic E-state index is 13.3. The van der Waals surface area contributed by atoms with Crippen LogP contribution in [0.2, 0.25) is 0 Å². The number of halogens is 3. The van der Waals surface area contributed by atoms with Gasteiger partial charge in [-0.15, -0.1) is 0 Å². The molecule has 0 bridgehead atoms. The Bertz CT molecular complexity index is 1410. The molecule has 2 N–H and O–H groups in total. The van der Waals surface area contributed by atoms with Crippen LogP contribution in [0.4, 0.5) is 18.9 Å². The Labute approximate surface area is 224 Å². The molecular weight excluding hydrogens is 511 g/mol. The van der Waals surface area contributed by atoms with Crippen molar-refractivity contribution < 1.29 is 22.6 Å². The fourth-order valence-electron chi connectivity index (χ4n) is 4.81. The van der Waals surface area contributed by atoms with Crippen LogP contribution in [0.1, 0.15) is 49.1 Å². The topological polar surface area (TPSA) is 104 Å². The van der Waals surface area contributed by atoms with E-state index in [1.54, 1.807) is 33.2 Å². The lowest BCUT2D eigenvalue weighted by molar-refractivity contribution is -0.141. The number of rotatable bonds is 7. The molecule has 3 aromatic rings. The van der Waals surface area contributed by atoms with Crippen LogP contribution in [0.3, 0.4) is 0 Å². The molecular formula is C27H30F3N7O2. The fraction of sp³-hybridized carbons (Fsp3) is 0.407. The van der Waals surface area contributed by atoms with E-state index in [1.807, 2.05) is 12.1 Å².